The molecule has 0 spiro atoms. The van der Waals surface area contributed by atoms with Crippen molar-refractivity contribution in [3.8, 4) is 6.07 Å². The third-order valence-corrected chi connectivity index (χ3v) is 9.40. The van der Waals surface area contributed by atoms with E-state index in [-0.39, 0.29) is 23.0 Å². The van der Waals surface area contributed by atoms with Gasteiger partial charge in [-0.2, -0.15) is 5.26 Å². The Kier molecular flexibility index (Phi) is 7.45. The van der Waals surface area contributed by atoms with Crippen molar-refractivity contribution in [1.82, 2.24) is 0 Å². The van der Waals surface area contributed by atoms with Gasteiger partial charge in [0, 0.05) is 21.4 Å². The van der Waals surface area contributed by atoms with E-state index in [2.05, 4.69) is 41.0 Å². The zero-order valence-electron chi connectivity index (χ0n) is 20.3. The highest BCUT2D eigenvalue weighted by Crippen LogP contribution is 2.42. The molecule has 0 bridgehead atoms. The number of thioether (sulfide) groups is 1. The van der Waals surface area contributed by atoms with E-state index in [0.29, 0.717) is 22.9 Å². The molecule has 1 heterocycles. The second-order valence-corrected chi connectivity index (χ2v) is 11.8. The molecule has 2 aromatic carbocycles. The zero-order chi connectivity index (χ0) is 25.1. The molecule has 1 saturated carbocycles. The zero-order valence-corrected chi connectivity index (χ0v) is 21.9. The van der Waals surface area contributed by atoms with Crippen LogP contribution in [0.5, 0.6) is 0 Å². The van der Waals surface area contributed by atoms with E-state index >= 15 is 0 Å². The largest absolute Gasteiger partial charge is 0.326 e. The SMILES string of the molecule is CCC(Sc1cccc(NC(=O)C2CC2)c1)C(=O)Nc1sc2c(c1C#N)CCC(c1ccccc1)C2. The van der Waals surface area contributed by atoms with Gasteiger partial charge in [0.2, 0.25) is 11.8 Å². The number of carbonyl (C=O) groups excluding carboxylic acids is 2. The van der Waals surface area contributed by atoms with Gasteiger partial charge in [-0.15, -0.1) is 23.1 Å². The maximum absolute atomic E-state index is 13.3. The molecular formula is C29H29N3O2S2. The van der Waals surface area contributed by atoms with Crippen LogP contribution in [0.4, 0.5) is 10.7 Å². The lowest BCUT2D eigenvalue weighted by Crippen LogP contribution is -2.24. The number of nitrogens with one attached hydrogen (secondary N) is 2. The van der Waals surface area contributed by atoms with Gasteiger partial charge in [-0.1, -0.05) is 43.3 Å². The van der Waals surface area contributed by atoms with E-state index in [4.69, 9.17) is 0 Å². The number of thiophene rings is 1. The molecule has 0 saturated heterocycles. The summed E-state index contributed by atoms with van der Waals surface area (Å²) >= 11 is 3.04. The second kappa shape index (κ2) is 10.9. The van der Waals surface area contributed by atoms with Crippen LogP contribution in [0.15, 0.2) is 59.5 Å². The van der Waals surface area contributed by atoms with Gasteiger partial charge in [-0.05, 0) is 73.8 Å². The average molecular weight is 516 g/mol. The van der Waals surface area contributed by atoms with E-state index in [9.17, 15) is 14.9 Å². The molecule has 2 unspecified atom stereocenters. The van der Waals surface area contributed by atoms with Crippen molar-refractivity contribution >= 4 is 45.6 Å². The van der Waals surface area contributed by atoms with E-state index < -0.39 is 0 Å². The molecule has 5 rings (SSSR count). The van der Waals surface area contributed by atoms with Crippen LogP contribution < -0.4 is 10.6 Å². The number of nitrogens with zero attached hydrogens (tertiary/aromatic N) is 1. The smallest absolute Gasteiger partial charge is 0.238 e. The van der Waals surface area contributed by atoms with Crippen LogP contribution in [0.25, 0.3) is 0 Å². The first-order valence-electron chi connectivity index (χ1n) is 12.5. The number of nitriles is 1. The summed E-state index contributed by atoms with van der Waals surface area (Å²) in [6.45, 7) is 1.99. The van der Waals surface area contributed by atoms with Crippen LogP contribution in [0, 0.1) is 17.2 Å². The first kappa shape index (κ1) is 24.6. The van der Waals surface area contributed by atoms with Gasteiger partial charge in [0.05, 0.1) is 10.8 Å². The molecule has 0 radical (unpaired) electrons. The molecule has 2 atom stereocenters. The monoisotopic (exact) mass is 515 g/mol. The molecular weight excluding hydrogens is 486 g/mol. The number of carbonyl (C=O) groups is 2. The first-order chi connectivity index (χ1) is 17.6. The lowest BCUT2D eigenvalue weighted by Gasteiger charge is -2.22. The van der Waals surface area contributed by atoms with Crippen molar-refractivity contribution in [3.05, 3.63) is 76.2 Å². The Morgan fingerprint density at radius 3 is 2.64 bits per heavy atom. The minimum atomic E-state index is -0.304. The van der Waals surface area contributed by atoms with Gasteiger partial charge in [0.1, 0.15) is 11.1 Å². The number of amides is 2. The lowest BCUT2D eigenvalue weighted by molar-refractivity contribution is -0.117. The van der Waals surface area contributed by atoms with Crippen LogP contribution in [-0.2, 0) is 22.4 Å². The summed E-state index contributed by atoms with van der Waals surface area (Å²) in [7, 11) is 0. The topological polar surface area (TPSA) is 82.0 Å². The van der Waals surface area contributed by atoms with Gasteiger partial charge >= 0.3 is 0 Å². The predicted molar refractivity (Wildman–Crippen MR) is 147 cm³/mol. The Hall–Kier alpha value is -3.08. The normalized spacial score (nSPS) is 17.5. The Bertz CT molecular complexity index is 1310. The molecule has 7 heteroatoms. The van der Waals surface area contributed by atoms with Crippen molar-refractivity contribution in [2.75, 3.05) is 10.6 Å². The van der Waals surface area contributed by atoms with Gasteiger partial charge in [0.25, 0.3) is 0 Å². The van der Waals surface area contributed by atoms with Gasteiger partial charge < -0.3 is 10.6 Å². The molecule has 3 aromatic rings. The molecule has 1 aromatic heterocycles. The predicted octanol–water partition coefficient (Wildman–Crippen LogP) is 6.75. The molecule has 0 aliphatic heterocycles. The summed E-state index contributed by atoms with van der Waals surface area (Å²) in [4.78, 5) is 27.5. The van der Waals surface area contributed by atoms with Crippen molar-refractivity contribution in [2.45, 2.75) is 61.5 Å². The fourth-order valence-corrected chi connectivity index (χ4v) is 7.01. The highest BCUT2D eigenvalue weighted by Gasteiger charge is 2.30. The lowest BCUT2D eigenvalue weighted by atomic mass is 9.83. The summed E-state index contributed by atoms with van der Waals surface area (Å²) in [6, 6.07) is 20.6. The second-order valence-electron chi connectivity index (χ2n) is 9.47. The Balaban J connectivity index is 1.27. The van der Waals surface area contributed by atoms with Crippen molar-refractivity contribution in [3.63, 3.8) is 0 Å². The fraction of sp³-hybridized carbons (Fsp3) is 0.345. The molecule has 2 aliphatic rings. The summed E-state index contributed by atoms with van der Waals surface area (Å²) in [5, 5.41) is 16.3. The summed E-state index contributed by atoms with van der Waals surface area (Å²) in [5.74, 6) is 0.565. The highest BCUT2D eigenvalue weighted by atomic mass is 32.2. The van der Waals surface area contributed by atoms with Crippen LogP contribution >= 0.6 is 23.1 Å². The van der Waals surface area contributed by atoms with E-state index in [1.54, 1.807) is 11.3 Å². The van der Waals surface area contributed by atoms with Gasteiger partial charge in [-0.3, -0.25) is 9.59 Å². The Morgan fingerprint density at radius 2 is 1.92 bits per heavy atom. The highest BCUT2D eigenvalue weighted by molar-refractivity contribution is 8.00. The first-order valence-corrected chi connectivity index (χ1v) is 14.2. The maximum Gasteiger partial charge on any atom is 0.238 e. The van der Waals surface area contributed by atoms with E-state index in [1.807, 2.05) is 37.3 Å². The summed E-state index contributed by atoms with van der Waals surface area (Å²) in [5.41, 5.74) is 3.82. The molecule has 184 valence electrons. The van der Waals surface area contributed by atoms with Crippen LogP contribution in [0.3, 0.4) is 0 Å². The van der Waals surface area contributed by atoms with Crippen LogP contribution in [0.1, 0.15) is 60.1 Å². The number of rotatable bonds is 8. The van der Waals surface area contributed by atoms with Crippen molar-refractivity contribution in [2.24, 2.45) is 5.92 Å². The number of hydrogen-bond donors (Lipinski definition) is 2. The fourth-order valence-electron chi connectivity index (χ4n) is 4.72. The third kappa shape index (κ3) is 5.50. The Morgan fingerprint density at radius 1 is 1.11 bits per heavy atom. The molecule has 5 nitrogen and oxygen atoms in total. The molecule has 36 heavy (non-hydrogen) atoms. The van der Waals surface area contributed by atoms with Crippen LogP contribution in [0.2, 0.25) is 0 Å². The van der Waals surface area contributed by atoms with E-state index in [0.717, 1.165) is 48.3 Å². The summed E-state index contributed by atoms with van der Waals surface area (Å²) < 4.78 is 0. The van der Waals surface area contributed by atoms with Crippen molar-refractivity contribution < 1.29 is 9.59 Å². The van der Waals surface area contributed by atoms with Gasteiger partial charge in [-0.25, -0.2) is 0 Å². The third-order valence-electron chi connectivity index (χ3n) is 6.88. The number of anilines is 2. The minimum absolute atomic E-state index is 0.0714. The number of benzene rings is 2. The molecule has 2 amide bonds. The number of fused-ring (bicyclic) bond motifs is 1. The molecule has 2 aliphatic carbocycles. The maximum atomic E-state index is 13.3. The molecule has 1 fully saturated rings. The summed E-state index contributed by atoms with van der Waals surface area (Å²) in [6.07, 6.45) is 5.34. The molecule has 2 N–H and O–H groups in total. The standard InChI is InChI=1S/C29H29N3O2S2/c1-2-25(35-22-10-6-9-21(16-22)31-27(33)19-11-12-19)28(34)32-29-24(17-30)23-14-13-20(15-26(23)36-29)18-7-4-3-5-8-18/h3-10,16,19-20,25H,2,11-15H2,1H3,(H,31,33)(H,32,34). The van der Waals surface area contributed by atoms with Crippen LogP contribution in [-0.4, -0.2) is 17.1 Å². The average Bonchev–Trinajstić information content (AvgIpc) is 3.69. The van der Waals surface area contributed by atoms with Crippen molar-refractivity contribution in [1.29, 1.82) is 5.26 Å². The van der Waals surface area contributed by atoms with E-state index in [1.165, 1.54) is 22.2 Å². The Labute approximate surface area is 220 Å². The quantitative estimate of drug-likeness (QED) is 0.325. The minimum Gasteiger partial charge on any atom is -0.326 e. The van der Waals surface area contributed by atoms with Gasteiger partial charge in [0.15, 0.2) is 0 Å². The number of hydrogen-bond acceptors (Lipinski definition) is 5.